The molecule has 2 heterocycles. The molecule has 0 bridgehead atoms. The van der Waals surface area contributed by atoms with Crippen LogP contribution in [0.5, 0.6) is 0 Å². The van der Waals surface area contributed by atoms with E-state index in [9.17, 15) is 19.8 Å². The van der Waals surface area contributed by atoms with Gasteiger partial charge in [-0.05, 0) is 12.5 Å². The number of nitrogens with two attached hydrogens (primary N) is 1. The molecular weight excluding hydrogens is 296 g/mol. The number of hydroxylamine groups is 1. The molecule has 0 amide bonds. The second-order valence-electron chi connectivity index (χ2n) is 4.76. The van der Waals surface area contributed by atoms with Crippen molar-refractivity contribution >= 4 is 11.8 Å². The Balaban J connectivity index is 2.06. The lowest BCUT2D eigenvalue weighted by molar-refractivity contribution is -0.149. The first-order valence-corrected chi connectivity index (χ1v) is 6.77. The number of nitrogen functional groups attached to an aromatic ring is 1. The molecule has 10 nitrogen and oxygen atoms in total. The monoisotopic (exact) mass is 314 g/mol. The van der Waals surface area contributed by atoms with Crippen molar-refractivity contribution in [3.8, 4) is 0 Å². The fourth-order valence-corrected chi connectivity index (χ4v) is 1.90. The van der Waals surface area contributed by atoms with Crippen molar-refractivity contribution < 1.29 is 24.6 Å². The maximum Gasteiger partial charge on any atom is 0.370 e. The first-order chi connectivity index (χ1) is 10.4. The number of carbonyl (C=O) groups is 1. The van der Waals surface area contributed by atoms with Gasteiger partial charge in [-0.1, -0.05) is 6.92 Å². The lowest BCUT2D eigenvalue weighted by atomic mass is 10.2. The van der Waals surface area contributed by atoms with E-state index < -0.39 is 30.1 Å². The summed E-state index contributed by atoms with van der Waals surface area (Å²) < 4.78 is 5.79. The Morgan fingerprint density at radius 1 is 1.55 bits per heavy atom. The molecule has 2 rings (SSSR count). The van der Waals surface area contributed by atoms with Crippen LogP contribution in [0.3, 0.4) is 0 Å². The van der Waals surface area contributed by atoms with Gasteiger partial charge in [-0.25, -0.2) is 9.63 Å². The van der Waals surface area contributed by atoms with Crippen molar-refractivity contribution in [1.82, 2.24) is 9.66 Å². The van der Waals surface area contributed by atoms with E-state index in [0.29, 0.717) is 6.42 Å². The Hall–Kier alpha value is -2.17. The summed E-state index contributed by atoms with van der Waals surface area (Å²) in [5.41, 5.74) is 4.59. The maximum absolute atomic E-state index is 11.7. The Morgan fingerprint density at radius 3 is 2.91 bits per heavy atom. The summed E-state index contributed by atoms with van der Waals surface area (Å²) in [6.07, 6.45) is -1.76. The maximum atomic E-state index is 11.7. The molecule has 0 aromatic carbocycles. The van der Waals surface area contributed by atoms with Crippen LogP contribution in [0.25, 0.3) is 0 Å². The van der Waals surface area contributed by atoms with Gasteiger partial charge in [0, 0.05) is 12.6 Å². The number of rotatable bonds is 5. The largest absolute Gasteiger partial charge is 0.463 e. The molecule has 122 valence electrons. The van der Waals surface area contributed by atoms with Crippen molar-refractivity contribution in [2.24, 2.45) is 0 Å². The Labute approximate surface area is 125 Å². The van der Waals surface area contributed by atoms with Crippen LogP contribution in [0.4, 0.5) is 5.82 Å². The fraction of sp³-hybridized carbons (Fsp3) is 0.583. The lowest BCUT2D eigenvalue weighted by Crippen LogP contribution is -2.47. The van der Waals surface area contributed by atoms with Crippen LogP contribution in [0, 0.1) is 0 Å². The molecule has 1 aromatic heterocycles. The first-order valence-electron chi connectivity index (χ1n) is 6.77. The fourth-order valence-electron chi connectivity index (χ4n) is 1.90. The average molecular weight is 314 g/mol. The highest BCUT2D eigenvalue weighted by atomic mass is 16.8. The number of hydrogen-bond donors (Lipinski definition) is 3. The summed E-state index contributed by atoms with van der Waals surface area (Å²) in [4.78, 5) is 31.8. The standard InChI is InChI=1S/C12H18N4O6/c1-2-3-9(17)21-6-7-10(18)11(19)16(22-7)15-5-4-8(13)14-12(15)20/h4-5,7,10-11,18-19H,2-3,6H2,1H3,(H2,13,14,20)/t7-,10-,11-/m1/s1. The molecule has 4 N–H and O–H groups in total. The van der Waals surface area contributed by atoms with E-state index in [1.54, 1.807) is 0 Å². The van der Waals surface area contributed by atoms with Gasteiger partial charge in [0.25, 0.3) is 0 Å². The number of hydrogen-bond acceptors (Lipinski definition) is 9. The third kappa shape index (κ3) is 3.35. The van der Waals surface area contributed by atoms with Gasteiger partial charge < -0.3 is 20.7 Å². The molecule has 1 aliphatic rings. The summed E-state index contributed by atoms with van der Waals surface area (Å²) in [7, 11) is 0. The quantitative estimate of drug-likeness (QED) is 0.531. The highest BCUT2D eigenvalue weighted by Gasteiger charge is 2.43. The van der Waals surface area contributed by atoms with Crippen LogP contribution in [-0.2, 0) is 14.4 Å². The summed E-state index contributed by atoms with van der Waals surface area (Å²) in [6, 6.07) is 1.33. The van der Waals surface area contributed by atoms with Gasteiger partial charge >= 0.3 is 11.7 Å². The Morgan fingerprint density at radius 2 is 2.27 bits per heavy atom. The highest BCUT2D eigenvalue weighted by molar-refractivity contribution is 5.69. The average Bonchev–Trinajstić information content (AvgIpc) is 2.74. The number of ether oxygens (including phenoxy) is 1. The third-order valence-corrected chi connectivity index (χ3v) is 3.04. The number of aliphatic hydroxyl groups is 2. The second kappa shape index (κ2) is 6.73. The molecule has 1 fully saturated rings. The first kappa shape index (κ1) is 16.2. The van der Waals surface area contributed by atoms with E-state index in [-0.39, 0.29) is 18.8 Å². The van der Waals surface area contributed by atoms with E-state index in [1.807, 2.05) is 6.92 Å². The number of esters is 1. The van der Waals surface area contributed by atoms with Crippen LogP contribution >= 0.6 is 0 Å². The SMILES string of the molecule is CCCC(=O)OC[C@H]1ON(n2ccc(N)nc2=O)[C@H](O)[C@@H]1O. The van der Waals surface area contributed by atoms with E-state index in [4.69, 9.17) is 15.3 Å². The number of aliphatic hydroxyl groups excluding tert-OH is 2. The normalized spacial score (nSPS) is 24.5. The van der Waals surface area contributed by atoms with Crippen LogP contribution in [0.1, 0.15) is 19.8 Å². The van der Waals surface area contributed by atoms with E-state index in [1.165, 1.54) is 12.3 Å². The van der Waals surface area contributed by atoms with Crippen molar-refractivity contribution in [1.29, 1.82) is 0 Å². The zero-order valence-electron chi connectivity index (χ0n) is 12.0. The van der Waals surface area contributed by atoms with Crippen LogP contribution in [0.2, 0.25) is 0 Å². The molecular formula is C12H18N4O6. The van der Waals surface area contributed by atoms with Crippen LogP contribution in [-0.4, -0.2) is 50.9 Å². The third-order valence-electron chi connectivity index (χ3n) is 3.04. The van der Waals surface area contributed by atoms with Gasteiger partial charge in [-0.15, -0.1) is 0 Å². The van der Waals surface area contributed by atoms with Gasteiger partial charge in [0.1, 0.15) is 18.5 Å². The summed E-state index contributed by atoms with van der Waals surface area (Å²) >= 11 is 0. The minimum atomic E-state index is -1.52. The van der Waals surface area contributed by atoms with Gasteiger partial charge in [0.15, 0.2) is 12.3 Å². The molecule has 0 aliphatic carbocycles. The molecule has 1 aliphatic heterocycles. The lowest BCUT2D eigenvalue weighted by Gasteiger charge is -2.21. The number of carbonyl (C=O) groups excluding carboxylic acids is 1. The summed E-state index contributed by atoms with van der Waals surface area (Å²) in [6.45, 7) is 1.58. The molecule has 0 radical (unpaired) electrons. The van der Waals surface area contributed by atoms with Gasteiger partial charge in [-0.3, -0.25) is 4.79 Å². The van der Waals surface area contributed by atoms with E-state index in [2.05, 4.69) is 4.98 Å². The number of anilines is 1. The molecule has 3 atom stereocenters. The molecule has 1 saturated heterocycles. The molecule has 22 heavy (non-hydrogen) atoms. The predicted octanol–water partition coefficient (Wildman–Crippen LogP) is -1.90. The highest BCUT2D eigenvalue weighted by Crippen LogP contribution is 2.18. The van der Waals surface area contributed by atoms with Crippen molar-refractivity contribution in [3.05, 3.63) is 22.7 Å². The molecule has 0 unspecified atom stereocenters. The minimum absolute atomic E-state index is 0.0144. The zero-order valence-corrected chi connectivity index (χ0v) is 12.0. The smallest absolute Gasteiger partial charge is 0.370 e. The zero-order chi connectivity index (χ0) is 16.3. The van der Waals surface area contributed by atoms with Crippen molar-refractivity contribution in [2.75, 3.05) is 17.5 Å². The van der Waals surface area contributed by atoms with Crippen molar-refractivity contribution in [2.45, 2.75) is 38.2 Å². The molecule has 1 aromatic rings. The van der Waals surface area contributed by atoms with Gasteiger partial charge in [0.05, 0.1) is 0 Å². The number of nitrogens with zero attached hydrogens (tertiary/aromatic N) is 3. The molecule has 10 heteroatoms. The van der Waals surface area contributed by atoms with E-state index in [0.717, 1.165) is 9.85 Å². The summed E-state index contributed by atoms with van der Waals surface area (Å²) in [5.74, 6) is -0.418. The van der Waals surface area contributed by atoms with Gasteiger partial charge in [0.2, 0.25) is 0 Å². The summed E-state index contributed by atoms with van der Waals surface area (Å²) in [5, 5.41) is 20.6. The van der Waals surface area contributed by atoms with Gasteiger partial charge in [-0.2, -0.15) is 14.8 Å². The Bertz CT molecular complexity index is 591. The molecule has 0 saturated carbocycles. The predicted molar refractivity (Wildman–Crippen MR) is 73.9 cm³/mol. The molecule has 0 spiro atoms. The second-order valence-corrected chi connectivity index (χ2v) is 4.76. The minimum Gasteiger partial charge on any atom is -0.463 e. The Kier molecular flexibility index (Phi) is 4.96. The number of aromatic nitrogens is 2. The van der Waals surface area contributed by atoms with Crippen LogP contribution < -0.4 is 16.6 Å². The van der Waals surface area contributed by atoms with Crippen molar-refractivity contribution in [3.63, 3.8) is 0 Å². The topological polar surface area (TPSA) is 140 Å². The van der Waals surface area contributed by atoms with E-state index >= 15 is 0 Å². The van der Waals surface area contributed by atoms with Crippen LogP contribution in [0.15, 0.2) is 17.1 Å².